The van der Waals surface area contributed by atoms with Crippen LogP contribution in [0.15, 0.2) is 0 Å². The Kier molecular flexibility index (Phi) is 2.40. The topological polar surface area (TPSA) is 35.5 Å². The van der Waals surface area contributed by atoms with E-state index in [-0.39, 0.29) is 11.7 Å². The molecule has 0 amide bonds. The standard InChI is InChI=1S/C7H12O3/c1-9-7(10-2)6(8)5-3-4-5/h5,7H,3-4H2,1-2H3. The van der Waals surface area contributed by atoms with Crippen LogP contribution in [0.2, 0.25) is 0 Å². The third-order valence-corrected chi connectivity index (χ3v) is 1.64. The molecule has 3 nitrogen and oxygen atoms in total. The van der Waals surface area contributed by atoms with Crippen molar-refractivity contribution >= 4 is 5.78 Å². The van der Waals surface area contributed by atoms with E-state index in [9.17, 15) is 4.79 Å². The van der Waals surface area contributed by atoms with Gasteiger partial charge in [0.25, 0.3) is 0 Å². The molecule has 0 atom stereocenters. The molecule has 1 aliphatic carbocycles. The quantitative estimate of drug-likeness (QED) is 0.541. The van der Waals surface area contributed by atoms with Crippen molar-refractivity contribution in [2.45, 2.75) is 19.1 Å². The molecule has 1 saturated carbocycles. The van der Waals surface area contributed by atoms with E-state index >= 15 is 0 Å². The monoisotopic (exact) mass is 144 g/mol. The molecule has 3 heteroatoms. The van der Waals surface area contributed by atoms with Gasteiger partial charge in [-0.25, -0.2) is 0 Å². The van der Waals surface area contributed by atoms with E-state index in [2.05, 4.69) is 0 Å². The van der Waals surface area contributed by atoms with Crippen LogP contribution in [-0.4, -0.2) is 26.3 Å². The molecule has 1 rings (SSSR count). The molecule has 1 fully saturated rings. The summed E-state index contributed by atoms with van der Waals surface area (Å²) in [6.07, 6.45) is 1.37. The highest BCUT2D eigenvalue weighted by Gasteiger charge is 2.34. The van der Waals surface area contributed by atoms with Crippen LogP contribution >= 0.6 is 0 Å². The molecule has 0 aliphatic heterocycles. The lowest BCUT2D eigenvalue weighted by molar-refractivity contribution is -0.157. The van der Waals surface area contributed by atoms with Gasteiger partial charge in [0.1, 0.15) is 0 Å². The van der Waals surface area contributed by atoms with Crippen LogP contribution in [0.3, 0.4) is 0 Å². The average Bonchev–Trinajstić information content (AvgIpc) is 2.71. The smallest absolute Gasteiger partial charge is 0.217 e. The normalized spacial score (nSPS) is 17.9. The van der Waals surface area contributed by atoms with Crippen molar-refractivity contribution in [1.29, 1.82) is 0 Å². The molecular formula is C7H12O3. The van der Waals surface area contributed by atoms with Gasteiger partial charge in [0.15, 0.2) is 5.78 Å². The summed E-state index contributed by atoms with van der Waals surface area (Å²) in [4.78, 5) is 11.1. The van der Waals surface area contributed by atoms with Crippen molar-refractivity contribution in [1.82, 2.24) is 0 Å². The van der Waals surface area contributed by atoms with Crippen molar-refractivity contribution in [3.8, 4) is 0 Å². The largest absolute Gasteiger partial charge is 0.349 e. The highest BCUT2D eigenvalue weighted by Crippen LogP contribution is 2.31. The zero-order chi connectivity index (χ0) is 7.56. The Balaban J connectivity index is 2.35. The molecule has 0 saturated heterocycles. The molecule has 0 bridgehead atoms. The van der Waals surface area contributed by atoms with E-state index < -0.39 is 6.29 Å². The number of ketones is 1. The van der Waals surface area contributed by atoms with Crippen LogP contribution in [0, 0.1) is 5.92 Å². The van der Waals surface area contributed by atoms with Gasteiger partial charge in [-0.2, -0.15) is 0 Å². The third-order valence-electron chi connectivity index (χ3n) is 1.64. The second-order valence-electron chi connectivity index (χ2n) is 2.48. The number of carbonyl (C=O) groups is 1. The average molecular weight is 144 g/mol. The molecule has 0 unspecified atom stereocenters. The van der Waals surface area contributed by atoms with Gasteiger partial charge in [-0.15, -0.1) is 0 Å². The molecule has 0 heterocycles. The van der Waals surface area contributed by atoms with Crippen LogP contribution in [0.25, 0.3) is 0 Å². The molecular weight excluding hydrogens is 132 g/mol. The summed E-state index contributed by atoms with van der Waals surface area (Å²) in [5, 5.41) is 0. The summed E-state index contributed by atoms with van der Waals surface area (Å²) in [6, 6.07) is 0. The summed E-state index contributed by atoms with van der Waals surface area (Å²) in [6.45, 7) is 0. The molecule has 0 spiro atoms. The lowest BCUT2D eigenvalue weighted by Crippen LogP contribution is -2.26. The number of ether oxygens (including phenoxy) is 2. The van der Waals surface area contributed by atoms with Crippen molar-refractivity contribution in [3.63, 3.8) is 0 Å². The molecule has 1 aliphatic rings. The predicted octanol–water partition coefficient (Wildman–Crippen LogP) is 0.584. The Labute approximate surface area is 60.3 Å². The van der Waals surface area contributed by atoms with Crippen LogP contribution in [0.5, 0.6) is 0 Å². The molecule has 10 heavy (non-hydrogen) atoms. The van der Waals surface area contributed by atoms with Crippen molar-refractivity contribution < 1.29 is 14.3 Å². The van der Waals surface area contributed by atoms with Gasteiger partial charge < -0.3 is 9.47 Å². The third kappa shape index (κ3) is 1.55. The van der Waals surface area contributed by atoms with Crippen LogP contribution in [-0.2, 0) is 14.3 Å². The zero-order valence-corrected chi connectivity index (χ0v) is 6.29. The SMILES string of the molecule is COC(OC)C(=O)C1CC1. The fourth-order valence-corrected chi connectivity index (χ4v) is 0.889. The summed E-state index contributed by atoms with van der Waals surface area (Å²) in [7, 11) is 2.96. The van der Waals surface area contributed by atoms with E-state index in [1.165, 1.54) is 14.2 Å². The number of carbonyl (C=O) groups excluding carboxylic acids is 1. The van der Waals surface area contributed by atoms with Gasteiger partial charge in [-0.05, 0) is 12.8 Å². The Morgan fingerprint density at radius 3 is 2.20 bits per heavy atom. The first-order valence-electron chi connectivity index (χ1n) is 3.39. The van der Waals surface area contributed by atoms with E-state index in [0.717, 1.165) is 12.8 Å². The molecule has 0 aromatic heterocycles. The van der Waals surface area contributed by atoms with E-state index in [4.69, 9.17) is 9.47 Å². The highest BCUT2D eigenvalue weighted by atomic mass is 16.7. The molecule has 0 radical (unpaired) electrons. The lowest BCUT2D eigenvalue weighted by Gasteiger charge is -2.10. The van der Waals surface area contributed by atoms with E-state index in [0.29, 0.717) is 0 Å². The molecule has 0 N–H and O–H groups in total. The lowest BCUT2D eigenvalue weighted by atomic mass is 10.2. The van der Waals surface area contributed by atoms with E-state index in [1.807, 2.05) is 0 Å². The molecule has 0 aromatic rings. The zero-order valence-electron chi connectivity index (χ0n) is 6.29. The maximum atomic E-state index is 11.1. The van der Waals surface area contributed by atoms with Gasteiger partial charge >= 0.3 is 0 Å². The number of methoxy groups -OCH3 is 2. The number of hydrogen-bond donors (Lipinski definition) is 0. The second kappa shape index (κ2) is 3.12. The minimum Gasteiger partial charge on any atom is -0.349 e. The van der Waals surface area contributed by atoms with Gasteiger partial charge in [0.05, 0.1) is 0 Å². The van der Waals surface area contributed by atoms with Gasteiger partial charge in [0.2, 0.25) is 6.29 Å². The fourth-order valence-electron chi connectivity index (χ4n) is 0.889. The number of hydrogen-bond acceptors (Lipinski definition) is 3. The first-order valence-corrected chi connectivity index (χ1v) is 3.39. The van der Waals surface area contributed by atoms with Crippen molar-refractivity contribution in [3.05, 3.63) is 0 Å². The first kappa shape index (κ1) is 7.69. The van der Waals surface area contributed by atoms with Crippen LogP contribution in [0.1, 0.15) is 12.8 Å². The number of rotatable bonds is 4. The number of Topliss-reactive ketones (excluding diaryl/α,β-unsaturated/α-hetero) is 1. The Morgan fingerprint density at radius 2 is 1.90 bits per heavy atom. The Hall–Kier alpha value is -0.410. The minimum absolute atomic E-state index is 0.0880. The van der Waals surface area contributed by atoms with Gasteiger partial charge in [-0.3, -0.25) is 4.79 Å². The second-order valence-corrected chi connectivity index (χ2v) is 2.48. The Bertz CT molecular complexity index is 125. The molecule has 0 aromatic carbocycles. The summed E-state index contributed by atoms with van der Waals surface area (Å²) in [5.74, 6) is 0.301. The summed E-state index contributed by atoms with van der Waals surface area (Å²) < 4.78 is 9.58. The predicted molar refractivity (Wildman–Crippen MR) is 35.5 cm³/mol. The van der Waals surface area contributed by atoms with Crippen molar-refractivity contribution in [2.75, 3.05) is 14.2 Å². The Morgan fingerprint density at radius 1 is 1.40 bits per heavy atom. The minimum atomic E-state index is -0.632. The van der Waals surface area contributed by atoms with Crippen LogP contribution in [0.4, 0.5) is 0 Å². The van der Waals surface area contributed by atoms with Crippen molar-refractivity contribution in [2.24, 2.45) is 5.92 Å². The fraction of sp³-hybridized carbons (Fsp3) is 0.857. The van der Waals surface area contributed by atoms with E-state index in [1.54, 1.807) is 0 Å². The van der Waals surface area contributed by atoms with Gasteiger partial charge in [-0.1, -0.05) is 0 Å². The highest BCUT2D eigenvalue weighted by molar-refractivity contribution is 5.86. The maximum Gasteiger partial charge on any atom is 0.217 e. The van der Waals surface area contributed by atoms with Gasteiger partial charge in [0, 0.05) is 20.1 Å². The molecule has 58 valence electrons. The summed E-state index contributed by atoms with van der Waals surface area (Å²) in [5.41, 5.74) is 0. The van der Waals surface area contributed by atoms with Crippen LogP contribution < -0.4 is 0 Å². The summed E-state index contributed by atoms with van der Waals surface area (Å²) >= 11 is 0. The first-order chi connectivity index (χ1) is 4.79. The maximum absolute atomic E-state index is 11.1.